The fourth-order valence-electron chi connectivity index (χ4n) is 4.66. The Balaban J connectivity index is 1.79. The molecule has 4 nitrogen and oxygen atoms in total. The van der Waals surface area contributed by atoms with E-state index in [2.05, 4.69) is 41.6 Å². The molecule has 0 spiro atoms. The summed E-state index contributed by atoms with van der Waals surface area (Å²) in [6.45, 7) is 5.20. The van der Waals surface area contributed by atoms with Crippen molar-refractivity contribution >= 4 is 16.9 Å². The molecule has 1 aromatic heterocycles. The second-order valence-electron chi connectivity index (χ2n) is 7.20. The standard InChI is InChI=1S/C20H26N2O2/c1-4-24-19(23)9-10-22-16-7-5-13(2)11-15(16)20-17-8-6-14(21(17)3)12-18(20)22/h5,7,11,14,17H,4,6,8-10,12H2,1-3H3. The van der Waals surface area contributed by atoms with Crippen LogP contribution in [0, 0.1) is 6.92 Å². The summed E-state index contributed by atoms with van der Waals surface area (Å²) < 4.78 is 7.51. The number of hydrogen-bond donors (Lipinski definition) is 0. The first-order chi connectivity index (χ1) is 11.6. The van der Waals surface area contributed by atoms with E-state index in [1.54, 1.807) is 0 Å². The van der Waals surface area contributed by atoms with Gasteiger partial charge in [-0.2, -0.15) is 0 Å². The van der Waals surface area contributed by atoms with Gasteiger partial charge in [0, 0.05) is 41.6 Å². The summed E-state index contributed by atoms with van der Waals surface area (Å²) in [4.78, 5) is 14.4. The van der Waals surface area contributed by atoms with Crippen LogP contribution >= 0.6 is 0 Å². The lowest BCUT2D eigenvalue weighted by molar-refractivity contribution is -0.143. The minimum Gasteiger partial charge on any atom is -0.466 e. The van der Waals surface area contributed by atoms with Crippen LogP contribution in [0.15, 0.2) is 18.2 Å². The number of benzene rings is 1. The molecule has 2 aliphatic heterocycles. The smallest absolute Gasteiger partial charge is 0.307 e. The van der Waals surface area contributed by atoms with Crippen LogP contribution in [0.5, 0.6) is 0 Å². The van der Waals surface area contributed by atoms with Crippen molar-refractivity contribution in [2.45, 2.75) is 58.2 Å². The molecule has 2 unspecified atom stereocenters. The molecule has 2 atom stereocenters. The van der Waals surface area contributed by atoms with Gasteiger partial charge in [-0.15, -0.1) is 0 Å². The van der Waals surface area contributed by atoms with Crippen molar-refractivity contribution in [2.24, 2.45) is 0 Å². The second-order valence-corrected chi connectivity index (χ2v) is 7.20. The number of carbonyl (C=O) groups is 1. The van der Waals surface area contributed by atoms with Gasteiger partial charge in [0.25, 0.3) is 0 Å². The van der Waals surface area contributed by atoms with Gasteiger partial charge in [-0.05, 0) is 51.4 Å². The van der Waals surface area contributed by atoms with Gasteiger partial charge in [-0.3, -0.25) is 9.69 Å². The summed E-state index contributed by atoms with van der Waals surface area (Å²) in [6.07, 6.45) is 4.07. The van der Waals surface area contributed by atoms with Crippen molar-refractivity contribution in [3.8, 4) is 0 Å². The third kappa shape index (κ3) is 2.35. The number of likely N-dealkylation sites (N-methyl/N-ethyl adjacent to an activating group) is 1. The van der Waals surface area contributed by atoms with Gasteiger partial charge in [0.05, 0.1) is 13.0 Å². The molecule has 3 heterocycles. The quantitative estimate of drug-likeness (QED) is 0.805. The second kappa shape index (κ2) is 5.92. The van der Waals surface area contributed by atoms with E-state index < -0.39 is 0 Å². The Hall–Kier alpha value is -1.81. The predicted octanol–water partition coefficient (Wildman–Crippen LogP) is 3.59. The van der Waals surface area contributed by atoms with Crippen LogP contribution in [0.4, 0.5) is 0 Å². The first-order valence-corrected chi connectivity index (χ1v) is 9.09. The lowest BCUT2D eigenvalue weighted by Crippen LogP contribution is -2.34. The first kappa shape index (κ1) is 15.7. The molecular formula is C20H26N2O2. The van der Waals surface area contributed by atoms with Crippen molar-refractivity contribution in [3.05, 3.63) is 35.0 Å². The van der Waals surface area contributed by atoms with E-state index in [1.807, 2.05) is 6.92 Å². The third-order valence-corrected chi connectivity index (χ3v) is 5.82. The number of carbonyl (C=O) groups excluding carboxylic acids is 1. The van der Waals surface area contributed by atoms with E-state index in [1.165, 1.54) is 40.6 Å². The van der Waals surface area contributed by atoms with Gasteiger partial charge < -0.3 is 9.30 Å². The SMILES string of the molecule is CCOC(=O)CCn1c2c(c3cc(C)ccc31)C1CCC(C2)N1C. The maximum absolute atomic E-state index is 11.8. The summed E-state index contributed by atoms with van der Waals surface area (Å²) in [7, 11) is 2.27. The molecule has 0 N–H and O–H groups in total. The number of esters is 1. The van der Waals surface area contributed by atoms with E-state index in [4.69, 9.17) is 4.74 Å². The zero-order chi connectivity index (χ0) is 16.8. The molecule has 1 fully saturated rings. The Morgan fingerprint density at radius 1 is 1.33 bits per heavy atom. The fraction of sp³-hybridized carbons (Fsp3) is 0.550. The van der Waals surface area contributed by atoms with E-state index >= 15 is 0 Å². The van der Waals surface area contributed by atoms with Crippen LogP contribution in [0.3, 0.4) is 0 Å². The summed E-state index contributed by atoms with van der Waals surface area (Å²) in [5.41, 5.74) is 5.53. The number of hydrogen-bond acceptors (Lipinski definition) is 3. The van der Waals surface area contributed by atoms with Crippen molar-refractivity contribution < 1.29 is 9.53 Å². The van der Waals surface area contributed by atoms with Crippen molar-refractivity contribution in [1.29, 1.82) is 0 Å². The molecule has 2 bridgehead atoms. The zero-order valence-corrected chi connectivity index (χ0v) is 14.8. The van der Waals surface area contributed by atoms with Crippen LogP contribution in [0.1, 0.15) is 49.0 Å². The molecule has 1 aromatic carbocycles. The lowest BCUT2D eigenvalue weighted by Gasteiger charge is -2.32. The average Bonchev–Trinajstić information content (AvgIpc) is 2.96. The lowest BCUT2D eigenvalue weighted by atomic mass is 9.97. The van der Waals surface area contributed by atoms with Gasteiger partial charge in [0.1, 0.15) is 0 Å². The fourth-order valence-corrected chi connectivity index (χ4v) is 4.66. The Morgan fingerprint density at radius 2 is 2.17 bits per heavy atom. The molecule has 0 saturated carbocycles. The molecule has 0 radical (unpaired) electrons. The maximum atomic E-state index is 11.8. The Bertz CT molecular complexity index is 793. The van der Waals surface area contributed by atoms with Gasteiger partial charge in [0.15, 0.2) is 0 Å². The molecule has 24 heavy (non-hydrogen) atoms. The molecule has 128 valence electrons. The number of ether oxygens (including phenoxy) is 1. The molecule has 2 aliphatic rings. The summed E-state index contributed by atoms with van der Waals surface area (Å²) in [6, 6.07) is 7.90. The van der Waals surface area contributed by atoms with E-state index in [0.29, 0.717) is 25.1 Å². The molecular weight excluding hydrogens is 300 g/mol. The van der Waals surface area contributed by atoms with Crippen LogP contribution in [0.2, 0.25) is 0 Å². The zero-order valence-electron chi connectivity index (χ0n) is 14.8. The highest BCUT2D eigenvalue weighted by Gasteiger charge is 2.40. The Kier molecular flexibility index (Phi) is 3.87. The maximum Gasteiger partial charge on any atom is 0.307 e. The van der Waals surface area contributed by atoms with E-state index in [9.17, 15) is 4.79 Å². The average molecular weight is 326 g/mol. The molecule has 2 aromatic rings. The summed E-state index contributed by atoms with van der Waals surface area (Å²) in [5.74, 6) is -0.101. The van der Waals surface area contributed by atoms with Gasteiger partial charge in [0.2, 0.25) is 0 Å². The largest absolute Gasteiger partial charge is 0.466 e. The first-order valence-electron chi connectivity index (χ1n) is 9.09. The van der Waals surface area contributed by atoms with Gasteiger partial charge in [-0.25, -0.2) is 0 Å². The topological polar surface area (TPSA) is 34.5 Å². The van der Waals surface area contributed by atoms with Gasteiger partial charge >= 0.3 is 5.97 Å². The van der Waals surface area contributed by atoms with Crippen molar-refractivity contribution in [1.82, 2.24) is 9.47 Å². The summed E-state index contributed by atoms with van der Waals surface area (Å²) in [5, 5.41) is 1.38. The number of nitrogens with zero attached hydrogens (tertiary/aromatic N) is 2. The number of aryl methyl sites for hydroxylation is 2. The highest BCUT2D eigenvalue weighted by molar-refractivity contribution is 5.87. The number of fused-ring (bicyclic) bond motifs is 6. The minimum absolute atomic E-state index is 0.101. The predicted molar refractivity (Wildman–Crippen MR) is 95.2 cm³/mol. The Morgan fingerprint density at radius 3 is 2.96 bits per heavy atom. The molecule has 4 heteroatoms. The third-order valence-electron chi connectivity index (χ3n) is 5.82. The molecule has 0 aliphatic carbocycles. The highest BCUT2D eigenvalue weighted by Crippen LogP contribution is 2.46. The Labute approximate surface area is 143 Å². The van der Waals surface area contributed by atoms with Crippen LogP contribution in [-0.2, 0) is 22.5 Å². The minimum atomic E-state index is -0.101. The summed E-state index contributed by atoms with van der Waals surface area (Å²) >= 11 is 0. The van der Waals surface area contributed by atoms with Crippen molar-refractivity contribution in [2.75, 3.05) is 13.7 Å². The van der Waals surface area contributed by atoms with Crippen molar-refractivity contribution in [3.63, 3.8) is 0 Å². The normalized spacial score (nSPS) is 22.8. The number of aromatic nitrogens is 1. The van der Waals surface area contributed by atoms with Crippen LogP contribution < -0.4 is 0 Å². The van der Waals surface area contributed by atoms with E-state index in [0.717, 1.165) is 13.0 Å². The van der Waals surface area contributed by atoms with Gasteiger partial charge in [-0.1, -0.05) is 11.6 Å². The highest BCUT2D eigenvalue weighted by atomic mass is 16.5. The number of rotatable bonds is 4. The molecule has 0 amide bonds. The molecule has 4 rings (SSSR count). The van der Waals surface area contributed by atoms with E-state index in [-0.39, 0.29) is 5.97 Å². The monoisotopic (exact) mass is 326 g/mol. The molecule has 1 saturated heterocycles. The van der Waals surface area contributed by atoms with Crippen LogP contribution in [-0.4, -0.2) is 35.1 Å². The van der Waals surface area contributed by atoms with Crippen LogP contribution in [0.25, 0.3) is 10.9 Å².